The molecule has 0 bridgehead atoms. The molecule has 2 amide bonds. The zero-order valence-electron chi connectivity index (χ0n) is 16.2. The van der Waals surface area contributed by atoms with Crippen molar-refractivity contribution < 1.29 is 23.9 Å². The molecule has 0 aliphatic carbocycles. The van der Waals surface area contributed by atoms with E-state index in [9.17, 15) is 14.4 Å². The number of carbonyl (C=O) groups excluding carboxylic acids is 3. The highest BCUT2D eigenvalue weighted by molar-refractivity contribution is 7.15. The van der Waals surface area contributed by atoms with Gasteiger partial charge in [0, 0.05) is 17.3 Å². The normalized spacial score (nSPS) is 10.4. The van der Waals surface area contributed by atoms with Crippen molar-refractivity contribution in [3.05, 3.63) is 70.4 Å². The monoisotopic (exact) mass is 412 g/mol. The lowest BCUT2D eigenvalue weighted by atomic mass is 10.1. The number of benzene rings is 1. The number of hydrogen-bond acceptors (Lipinski definition) is 6. The van der Waals surface area contributed by atoms with E-state index in [0.717, 1.165) is 15.4 Å². The van der Waals surface area contributed by atoms with Gasteiger partial charge in [-0.25, -0.2) is 4.79 Å². The van der Waals surface area contributed by atoms with Crippen molar-refractivity contribution in [2.24, 2.45) is 0 Å². The maximum absolute atomic E-state index is 12.6. The first kappa shape index (κ1) is 20.3. The van der Waals surface area contributed by atoms with Crippen molar-refractivity contribution in [1.29, 1.82) is 0 Å². The van der Waals surface area contributed by atoms with E-state index < -0.39 is 24.4 Å². The quantitative estimate of drug-likeness (QED) is 0.628. The third-order valence-corrected chi connectivity index (χ3v) is 5.57. The molecule has 0 saturated heterocycles. The largest absolute Gasteiger partial charge is 0.496 e. The highest BCUT2D eigenvalue weighted by Crippen LogP contribution is 2.31. The number of methoxy groups -OCH3 is 1. The molecular weight excluding hydrogens is 392 g/mol. The van der Waals surface area contributed by atoms with Crippen LogP contribution in [0.25, 0.3) is 5.00 Å². The topological polar surface area (TPSA) is 86.6 Å². The summed E-state index contributed by atoms with van der Waals surface area (Å²) in [5.41, 5.74) is 1.43. The summed E-state index contributed by atoms with van der Waals surface area (Å²) in [6.07, 6.45) is 3.67. The zero-order chi connectivity index (χ0) is 21.0. The number of esters is 1. The Bertz CT molecular complexity index is 1050. The standard InChI is InChI=1S/C21H20N2O5S/c1-13-14(2)29-20(23-10-6-7-11-23)18(13)21(26)28-12-17(24)22-19(25)15-8-4-5-9-16(15)27-3/h4-11H,12H2,1-3H3,(H,22,24,25). The molecule has 7 nitrogen and oxygen atoms in total. The van der Waals surface area contributed by atoms with E-state index in [1.165, 1.54) is 24.5 Å². The fourth-order valence-corrected chi connectivity index (χ4v) is 3.88. The number of aromatic nitrogens is 1. The molecule has 0 atom stereocenters. The Labute approximate surface area is 171 Å². The van der Waals surface area contributed by atoms with E-state index in [1.54, 1.807) is 18.2 Å². The van der Waals surface area contributed by atoms with Crippen molar-refractivity contribution in [3.8, 4) is 10.8 Å². The highest BCUT2D eigenvalue weighted by Gasteiger charge is 2.23. The van der Waals surface area contributed by atoms with Gasteiger partial charge in [0.2, 0.25) is 0 Å². The first-order chi connectivity index (χ1) is 13.9. The second-order valence-electron chi connectivity index (χ2n) is 6.21. The van der Waals surface area contributed by atoms with Crippen LogP contribution in [0.15, 0.2) is 48.8 Å². The summed E-state index contributed by atoms with van der Waals surface area (Å²) in [5, 5.41) is 2.92. The molecule has 0 spiro atoms. The van der Waals surface area contributed by atoms with E-state index in [1.807, 2.05) is 42.9 Å². The van der Waals surface area contributed by atoms with Crippen LogP contribution in [-0.2, 0) is 9.53 Å². The van der Waals surface area contributed by atoms with Crippen LogP contribution in [0.2, 0.25) is 0 Å². The van der Waals surface area contributed by atoms with Crippen LogP contribution in [0.3, 0.4) is 0 Å². The van der Waals surface area contributed by atoms with Gasteiger partial charge >= 0.3 is 5.97 Å². The summed E-state index contributed by atoms with van der Waals surface area (Å²) in [6.45, 7) is 3.18. The van der Waals surface area contributed by atoms with E-state index in [-0.39, 0.29) is 5.56 Å². The van der Waals surface area contributed by atoms with Crippen LogP contribution in [0.4, 0.5) is 0 Å². The summed E-state index contributed by atoms with van der Waals surface area (Å²) in [7, 11) is 1.43. The molecule has 0 saturated carbocycles. The number of imide groups is 1. The second-order valence-corrected chi connectivity index (χ2v) is 7.41. The summed E-state index contributed by atoms with van der Waals surface area (Å²) in [4.78, 5) is 38.0. The fraction of sp³-hybridized carbons (Fsp3) is 0.190. The Balaban J connectivity index is 1.67. The van der Waals surface area contributed by atoms with Gasteiger partial charge < -0.3 is 14.0 Å². The predicted octanol–water partition coefficient (Wildman–Crippen LogP) is 3.28. The van der Waals surface area contributed by atoms with E-state index in [2.05, 4.69) is 5.32 Å². The summed E-state index contributed by atoms with van der Waals surface area (Å²) >= 11 is 1.47. The molecule has 8 heteroatoms. The fourth-order valence-electron chi connectivity index (χ4n) is 2.77. The first-order valence-corrected chi connectivity index (χ1v) is 9.61. The van der Waals surface area contributed by atoms with Gasteiger partial charge in [-0.05, 0) is 43.7 Å². The Morgan fingerprint density at radius 1 is 1.07 bits per heavy atom. The molecule has 29 heavy (non-hydrogen) atoms. The highest BCUT2D eigenvalue weighted by atomic mass is 32.1. The molecule has 0 aliphatic rings. The number of carbonyl (C=O) groups is 3. The SMILES string of the molecule is COc1ccccc1C(=O)NC(=O)COC(=O)c1c(-n2cccc2)sc(C)c1C. The van der Waals surface area contributed by atoms with Gasteiger partial charge in [-0.1, -0.05) is 12.1 Å². The Hall–Kier alpha value is -3.39. The van der Waals surface area contributed by atoms with Crippen LogP contribution >= 0.6 is 11.3 Å². The Morgan fingerprint density at radius 2 is 1.76 bits per heavy atom. The third-order valence-electron chi connectivity index (χ3n) is 4.35. The molecule has 3 rings (SSSR count). The predicted molar refractivity (Wildman–Crippen MR) is 109 cm³/mol. The summed E-state index contributed by atoms with van der Waals surface area (Å²) in [5.74, 6) is -1.62. The third kappa shape index (κ3) is 4.38. The number of ether oxygens (including phenoxy) is 2. The number of hydrogen-bond donors (Lipinski definition) is 1. The molecule has 150 valence electrons. The van der Waals surface area contributed by atoms with Gasteiger partial charge in [0.1, 0.15) is 10.8 Å². The summed E-state index contributed by atoms with van der Waals surface area (Å²) < 4.78 is 12.1. The minimum atomic E-state index is -0.721. The van der Waals surface area contributed by atoms with E-state index in [4.69, 9.17) is 9.47 Å². The van der Waals surface area contributed by atoms with E-state index in [0.29, 0.717) is 11.3 Å². The lowest BCUT2D eigenvalue weighted by Gasteiger charge is -2.09. The molecule has 0 radical (unpaired) electrons. The number of nitrogens with zero attached hydrogens (tertiary/aromatic N) is 1. The molecular formula is C21H20N2O5S. The molecule has 2 aromatic heterocycles. The lowest BCUT2D eigenvalue weighted by Crippen LogP contribution is -2.34. The number of amides is 2. The van der Waals surface area contributed by atoms with Crippen molar-refractivity contribution in [1.82, 2.24) is 9.88 Å². The molecule has 3 aromatic rings. The van der Waals surface area contributed by atoms with Gasteiger partial charge in [0.15, 0.2) is 6.61 Å². The smallest absolute Gasteiger partial charge is 0.341 e. The number of thiophene rings is 1. The van der Waals surface area contributed by atoms with Gasteiger partial charge in [-0.15, -0.1) is 11.3 Å². The van der Waals surface area contributed by atoms with Gasteiger partial charge in [0.25, 0.3) is 11.8 Å². The average molecular weight is 412 g/mol. The molecule has 1 aromatic carbocycles. The number of rotatable bonds is 6. The zero-order valence-corrected chi connectivity index (χ0v) is 17.0. The van der Waals surface area contributed by atoms with Crippen LogP contribution in [0.1, 0.15) is 31.2 Å². The minimum Gasteiger partial charge on any atom is -0.496 e. The average Bonchev–Trinajstić information content (AvgIpc) is 3.34. The Morgan fingerprint density at radius 3 is 2.45 bits per heavy atom. The van der Waals surface area contributed by atoms with E-state index >= 15 is 0 Å². The maximum Gasteiger partial charge on any atom is 0.341 e. The number of para-hydroxylation sites is 1. The van der Waals surface area contributed by atoms with Crippen LogP contribution in [0, 0.1) is 13.8 Å². The molecule has 0 unspecified atom stereocenters. The number of nitrogens with one attached hydrogen (secondary N) is 1. The van der Waals surface area contributed by atoms with Crippen LogP contribution in [0.5, 0.6) is 5.75 Å². The first-order valence-electron chi connectivity index (χ1n) is 8.80. The molecule has 0 fully saturated rings. The van der Waals surface area contributed by atoms with Crippen molar-refractivity contribution >= 4 is 29.1 Å². The van der Waals surface area contributed by atoms with Crippen LogP contribution in [-0.4, -0.2) is 36.1 Å². The second kappa shape index (κ2) is 8.74. The molecule has 1 N–H and O–H groups in total. The molecule has 2 heterocycles. The summed E-state index contributed by atoms with van der Waals surface area (Å²) in [6, 6.07) is 10.2. The molecule has 0 aliphatic heterocycles. The number of aryl methyl sites for hydroxylation is 1. The Kier molecular flexibility index (Phi) is 6.13. The van der Waals surface area contributed by atoms with Crippen molar-refractivity contribution in [2.75, 3.05) is 13.7 Å². The van der Waals surface area contributed by atoms with Crippen molar-refractivity contribution in [3.63, 3.8) is 0 Å². The maximum atomic E-state index is 12.6. The minimum absolute atomic E-state index is 0.217. The van der Waals surface area contributed by atoms with Gasteiger partial charge in [-0.3, -0.25) is 14.9 Å². The van der Waals surface area contributed by atoms with Gasteiger partial charge in [-0.2, -0.15) is 0 Å². The van der Waals surface area contributed by atoms with Gasteiger partial charge in [0.05, 0.1) is 18.2 Å². The van der Waals surface area contributed by atoms with Crippen molar-refractivity contribution in [2.45, 2.75) is 13.8 Å². The van der Waals surface area contributed by atoms with Crippen LogP contribution < -0.4 is 10.1 Å². The lowest BCUT2D eigenvalue weighted by molar-refractivity contribution is -0.123.